The second kappa shape index (κ2) is 11.3. The van der Waals surface area contributed by atoms with Crippen molar-refractivity contribution in [1.82, 2.24) is 15.6 Å². The number of ether oxygens (including phenoxy) is 1. The molecule has 2 rings (SSSR count). The zero-order valence-electron chi connectivity index (χ0n) is 15.2. The summed E-state index contributed by atoms with van der Waals surface area (Å²) in [5, 5.41) is 6.71. The van der Waals surface area contributed by atoms with Gasteiger partial charge in [0, 0.05) is 18.5 Å². The van der Waals surface area contributed by atoms with Gasteiger partial charge in [-0.25, -0.2) is 4.98 Å². The van der Waals surface area contributed by atoms with Gasteiger partial charge < -0.3 is 15.4 Å². The van der Waals surface area contributed by atoms with Gasteiger partial charge in [-0.2, -0.15) is 0 Å². The number of thiazole rings is 1. The van der Waals surface area contributed by atoms with Crippen LogP contribution >= 0.6 is 35.3 Å². The molecule has 0 saturated carbocycles. The number of guanidine groups is 1. The number of nitrogens with one attached hydrogen (secondary N) is 2. The molecule has 0 aliphatic rings. The van der Waals surface area contributed by atoms with Gasteiger partial charge >= 0.3 is 0 Å². The van der Waals surface area contributed by atoms with Gasteiger partial charge in [-0.3, -0.25) is 4.99 Å². The Morgan fingerprint density at radius 2 is 2.00 bits per heavy atom. The minimum Gasteiger partial charge on any atom is -0.497 e. The van der Waals surface area contributed by atoms with Gasteiger partial charge in [-0.15, -0.1) is 35.3 Å². The minimum atomic E-state index is 0. The molecule has 1 atom stereocenters. The zero-order chi connectivity index (χ0) is 17.4. The van der Waals surface area contributed by atoms with E-state index in [2.05, 4.69) is 39.7 Å². The second-order valence-corrected chi connectivity index (χ2v) is 6.62. The highest BCUT2D eigenvalue weighted by molar-refractivity contribution is 14.0. The van der Waals surface area contributed by atoms with E-state index in [1.807, 2.05) is 24.6 Å². The summed E-state index contributed by atoms with van der Waals surface area (Å²) in [6.45, 7) is 5.89. The van der Waals surface area contributed by atoms with Crippen LogP contribution in [0.4, 0.5) is 0 Å². The fourth-order valence-electron chi connectivity index (χ4n) is 2.39. The fraction of sp³-hybridized carbons (Fsp3) is 0.444. The average Bonchev–Trinajstić information content (AvgIpc) is 3.02. The lowest BCUT2D eigenvalue weighted by Crippen LogP contribution is -2.37. The number of methoxy groups -OCH3 is 1. The van der Waals surface area contributed by atoms with Crippen LogP contribution in [0.25, 0.3) is 0 Å². The summed E-state index contributed by atoms with van der Waals surface area (Å²) in [5.74, 6) is 2.20. The van der Waals surface area contributed by atoms with Crippen LogP contribution in [0.15, 0.2) is 34.8 Å². The van der Waals surface area contributed by atoms with E-state index in [4.69, 9.17) is 4.74 Å². The molecule has 25 heavy (non-hydrogen) atoms. The van der Waals surface area contributed by atoms with Gasteiger partial charge in [0.15, 0.2) is 5.96 Å². The number of benzene rings is 1. The molecule has 0 bridgehead atoms. The number of halogens is 1. The van der Waals surface area contributed by atoms with Crippen LogP contribution < -0.4 is 15.4 Å². The Balaban J connectivity index is 0.00000312. The van der Waals surface area contributed by atoms with E-state index in [1.165, 1.54) is 10.4 Å². The van der Waals surface area contributed by atoms with E-state index in [0.29, 0.717) is 5.92 Å². The van der Waals surface area contributed by atoms with Crippen LogP contribution in [-0.2, 0) is 6.54 Å². The molecule has 5 nitrogen and oxygen atoms in total. The lowest BCUT2D eigenvalue weighted by atomic mass is 9.98. The summed E-state index contributed by atoms with van der Waals surface area (Å²) in [6, 6.07) is 8.28. The molecule has 0 radical (unpaired) electrons. The predicted molar refractivity (Wildman–Crippen MR) is 116 cm³/mol. The first kappa shape index (κ1) is 21.7. The standard InChI is InChI=1S/C18H26N4OS.HI/c1-13(15-5-7-16(23-4)8-6-15)9-10-20-18(19-3)21-11-17-14(2)22-12-24-17;/h5-8,12-13H,9-11H2,1-4H3,(H2,19,20,21);1H. The molecule has 0 spiro atoms. The van der Waals surface area contributed by atoms with Gasteiger partial charge in [0.25, 0.3) is 0 Å². The average molecular weight is 474 g/mol. The van der Waals surface area contributed by atoms with E-state index < -0.39 is 0 Å². The normalized spacial score (nSPS) is 12.2. The van der Waals surface area contributed by atoms with Crippen molar-refractivity contribution in [2.75, 3.05) is 20.7 Å². The van der Waals surface area contributed by atoms with Crippen LogP contribution in [0.3, 0.4) is 0 Å². The van der Waals surface area contributed by atoms with E-state index in [0.717, 1.165) is 36.9 Å². The quantitative estimate of drug-likeness (QED) is 0.363. The molecular formula is C18H27IN4OS. The Labute approximate surface area is 171 Å². The maximum absolute atomic E-state index is 5.20. The van der Waals surface area contributed by atoms with Gasteiger partial charge in [0.2, 0.25) is 0 Å². The SMILES string of the molecule is CN=C(NCCC(C)c1ccc(OC)cc1)NCc1scnc1C.I. The molecule has 2 N–H and O–H groups in total. The molecule has 138 valence electrons. The maximum atomic E-state index is 5.20. The van der Waals surface area contributed by atoms with Crippen LogP contribution in [0, 0.1) is 6.92 Å². The van der Waals surface area contributed by atoms with E-state index in [-0.39, 0.29) is 24.0 Å². The lowest BCUT2D eigenvalue weighted by Gasteiger charge is -2.15. The topological polar surface area (TPSA) is 58.5 Å². The summed E-state index contributed by atoms with van der Waals surface area (Å²) in [5.41, 5.74) is 4.27. The summed E-state index contributed by atoms with van der Waals surface area (Å²) in [6.07, 6.45) is 1.03. The van der Waals surface area contributed by atoms with Crippen LogP contribution in [0.5, 0.6) is 5.75 Å². The first-order valence-corrected chi connectivity index (χ1v) is 8.99. The highest BCUT2D eigenvalue weighted by Gasteiger charge is 2.07. The molecule has 0 fully saturated rings. The molecule has 7 heteroatoms. The number of aromatic nitrogens is 1. The monoisotopic (exact) mass is 474 g/mol. The fourth-order valence-corrected chi connectivity index (χ4v) is 3.10. The van der Waals surface area contributed by atoms with Crippen molar-refractivity contribution in [2.45, 2.75) is 32.7 Å². The number of aryl methyl sites for hydroxylation is 1. The molecule has 1 heterocycles. The van der Waals surface area contributed by atoms with Crippen LogP contribution in [-0.4, -0.2) is 31.6 Å². The van der Waals surface area contributed by atoms with E-state index >= 15 is 0 Å². The minimum absolute atomic E-state index is 0. The van der Waals surface area contributed by atoms with E-state index in [9.17, 15) is 0 Å². The Kier molecular flexibility index (Phi) is 9.81. The third kappa shape index (κ3) is 6.81. The molecule has 0 saturated heterocycles. The van der Waals surface area contributed by atoms with Crippen molar-refractivity contribution in [3.63, 3.8) is 0 Å². The Morgan fingerprint density at radius 3 is 2.56 bits per heavy atom. The molecule has 1 unspecified atom stereocenters. The van der Waals surface area contributed by atoms with Gasteiger partial charge in [-0.05, 0) is 37.0 Å². The molecule has 1 aromatic carbocycles. The Hall–Kier alpha value is -1.35. The highest BCUT2D eigenvalue weighted by Crippen LogP contribution is 2.21. The second-order valence-electron chi connectivity index (χ2n) is 5.68. The number of aliphatic imine (C=N–C) groups is 1. The Morgan fingerprint density at radius 1 is 1.28 bits per heavy atom. The van der Waals surface area contributed by atoms with Crippen molar-refractivity contribution < 1.29 is 4.74 Å². The Bertz CT molecular complexity index is 657. The van der Waals surface area contributed by atoms with Crippen LogP contribution in [0.2, 0.25) is 0 Å². The van der Waals surface area contributed by atoms with Crippen molar-refractivity contribution in [3.05, 3.63) is 45.9 Å². The molecule has 0 amide bonds. The molecular weight excluding hydrogens is 447 g/mol. The van der Waals surface area contributed by atoms with Gasteiger partial charge in [0.05, 0.1) is 24.9 Å². The largest absolute Gasteiger partial charge is 0.497 e. The highest BCUT2D eigenvalue weighted by atomic mass is 127. The number of nitrogens with zero attached hydrogens (tertiary/aromatic N) is 2. The maximum Gasteiger partial charge on any atom is 0.191 e. The molecule has 0 aliphatic heterocycles. The van der Waals surface area contributed by atoms with Gasteiger partial charge in [-0.1, -0.05) is 19.1 Å². The predicted octanol–water partition coefficient (Wildman–Crippen LogP) is 3.94. The molecule has 0 aliphatic carbocycles. The first-order chi connectivity index (χ1) is 11.6. The summed E-state index contributed by atoms with van der Waals surface area (Å²) < 4.78 is 5.20. The van der Waals surface area contributed by atoms with Crippen molar-refractivity contribution in [1.29, 1.82) is 0 Å². The van der Waals surface area contributed by atoms with Gasteiger partial charge in [0.1, 0.15) is 5.75 Å². The number of rotatable bonds is 7. The van der Waals surface area contributed by atoms with Crippen molar-refractivity contribution in [2.24, 2.45) is 4.99 Å². The smallest absolute Gasteiger partial charge is 0.191 e. The molecule has 1 aromatic heterocycles. The number of hydrogen-bond donors (Lipinski definition) is 2. The first-order valence-electron chi connectivity index (χ1n) is 8.11. The lowest BCUT2D eigenvalue weighted by molar-refractivity contribution is 0.414. The van der Waals surface area contributed by atoms with Crippen molar-refractivity contribution in [3.8, 4) is 5.75 Å². The summed E-state index contributed by atoms with van der Waals surface area (Å²) >= 11 is 1.66. The third-order valence-corrected chi connectivity index (χ3v) is 4.97. The summed E-state index contributed by atoms with van der Waals surface area (Å²) in [7, 11) is 3.48. The zero-order valence-corrected chi connectivity index (χ0v) is 18.4. The molecule has 2 aromatic rings. The van der Waals surface area contributed by atoms with Crippen LogP contribution in [0.1, 0.15) is 35.4 Å². The van der Waals surface area contributed by atoms with E-state index in [1.54, 1.807) is 25.5 Å². The third-order valence-electron chi connectivity index (χ3n) is 4.04. The van der Waals surface area contributed by atoms with Crippen molar-refractivity contribution >= 4 is 41.3 Å². The summed E-state index contributed by atoms with van der Waals surface area (Å²) in [4.78, 5) is 9.77. The number of hydrogen-bond acceptors (Lipinski definition) is 4.